The molecule has 7 heteroatoms. The van der Waals surface area contributed by atoms with Gasteiger partial charge < -0.3 is 0 Å². The normalized spacial score (nSPS) is 25.7. The number of hydrogen-bond donors (Lipinski definition) is 0. The fourth-order valence-electron chi connectivity index (χ4n) is 2.55. The third-order valence-electron chi connectivity index (χ3n) is 3.80. The Kier molecular flexibility index (Phi) is 4.09. The summed E-state index contributed by atoms with van der Waals surface area (Å²) in [5, 5.41) is 4.21. The summed E-state index contributed by atoms with van der Waals surface area (Å²) in [6, 6.07) is 0. The van der Waals surface area contributed by atoms with Gasteiger partial charge in [0.1, 0.15) is 4.90 Å². The van der Waals surface area contributed by atoms with E-state index in [2.05, 4.69) is 28.0 Å². The summed E-state index contributed by atoms with van der Waals surface area (Å²) in [5.41, 5.74) is 1.28. The third-order valence-corrected chi connectivity index (χ3v) is 7.28. The smallest absolute Gasteiger partial charge is 0.246 e. The molecule has 1 saturated heterocycles. The van der Waals surface area contributed by atoms with Crippen LogP contribution in [-0.2, 0) is 17.1 Å². The predicted octanol–water partition coefficient (Wildman–Crippen LogP) is 1.83. The minimum Gasteiger partial charge on any atom is -0.271 e. The predicted molar refractivity (Wildman–Crippen MR) is 77.9 cm³/mol. The van der Waals surface area contributed by atoms with Crippen molar-refractivity contribution in [1.82, 2.24) is 14.1 Å². The number of rotatable bonds is 2. The first-order chi connectivity index (χ1) is 8.75. The van der Waals surface area contributed by atoms with Crippen molar-refractivity contribution < 1.29 is 8.42 Å². The van der Waals surface area contributed by atoms with Gasteiger partial charge in [-0.3, -0.25) is 4.68 Å². The van der Waals surface area contributed by atoms with Crippen LogP contribution in [0.5, 0.6) is 0 Å². The molecule has 1 aliphatic heterocycles. The van der Waals surface area contributed by atoms with Gasteiger partial charge in [0.05, 0.1) is 11.4 Å². The van der Waals surface area contributed by atoms with E-state index in [0.29, 0.717) is 40.1 Å². The molecule has 0 saturated carbocycles. The van der Waals surface area contributed by atoms with Crippen molar-refractivity contribution in [2.75, 3.05) is 13.1 Å². The average Bonchev–Trinajstić information content (AvgIpc) is 2.57. The number of halogens is 1. The topological polar surface area (TPSA) is 55.2 Å². The second-order valence-electron chi connectivity index (χ2n) is 5.27. The molecule has 1 aliphatic rings. The Hall–Kier alpha value is -0.400. The largest absolute Gasteiger partial charge is 0.271 e. The summed E-state index contributed by atoms with van der Waals surface area (Å²) in [5.74, 6) is 0.320. The maximum atomic E-state index is 12.8. The fraction of sp³-hybridized carbons (Fsp3) is 0.750. The van der Waals surface area contributed by atoms with Crippen LogP contribution in [0.25, 0.3) is 0 Å². The molecule has 2 rings (SSSR count). The first kappa shape index (κ1) is 15.0. The Morgan fingerprint density at radius 1 is 1.37 bits per heavy atom. The molecule has 0 aliphatic carbocycles. The van der Waals surface area contributed by atoms with E-state index in [-0.39, 0.29) is 0 Å². The quantitative estimate of drug-likeness (QED) is 0.765. The summed E-state index contributed by atoms with van der Waals surface area (Å²) in [6.07, 6.45) is 0.846. The van der Waals surface area contributed by atoms with Gasteiger partial charge in [-0.15, -0.1) is 0 Å². The molecule has 0 bridgehead atoms. The van der Waals surface area contributed by atoms with Crippen molar-refractivity contribution in [3.05, 3.63) is 11.4 Å². The van der Waals surface area contributed by atoms with E-state index in [4.69, 9.17) is 0 Å². The van der Waals surface area contributed by atoms with E-state index in [0.717, 1.165) is 6.42 Å². The number of nitrogens with zero attached hydrogens (tertiary/aromatic N) is 3. The van der Waals surface area contributed by atoms with Gasteiger partial charge in [0, 0.05) is 25.0 Å². The van der Waals surface area contributed by atoms with Crippen molar-refractivity contribution >= 4 is 26.0 Å². The van der Waals surface area contributed by atoms with Gasteiger partial charge in [-0.25, -0.2) is 8.42 Å². The van der Waals surface area contributed by atoms with Crippen LogP contribution in [-0.4, -0.2) is 40.4 Å². The molecular weight excluding hydrogens is 330 g/mol. The third kappa shape index (κ3) is 2.60. The molecule has 2 atom stereocenters. The summed E-state index contributed by atoms with van der Waals surface area (Å²) in [4.78, 5) is 0.769. The van der Waals surface area contributed by atoms with Crippen molar-refractivity contribution in [3.63, 3.8) is 0 Å². The molecule has 1 aromatic rings. The Morgan fingerprint density at radius 2 is 2.00 bits per heavy atom. The molecule has 19 heavy (non-hydrogen) atoms. The van der Waals surface area contributed by atoms with Crippen LogP contribution in [0.2, 0.25) is 0 Å². The average molecular weight is 350 g/mol. The lowest BCUT2D eigenvalue weighted by Gasteiger charge is -2.33. The van der Waals surface area contributed by atoms with Gasteiger partial charge in [0.15, 0.2) is 0 Å². The minimum atomic E-state index is -3.43. The van der Waals surface area contributed by atoms with Crippen LogP contribution in [0.4, 0.5) is 0 Å². The van der Waals surface area contributed by atoms with Crippen LogP contribution in [0.1, 0.15) is 24.7 Å². The van der Waals surface area contributed by atoms with Gasteiger partial charge in [0.2, 0.25) is 10.0 Å². The summed E-state index contributed by atoms with van der Waals surface area (Å²) in [6.45, 7) is 6.75. The van der Waals surface area contributed by atoms with Crippen LogP contribution >= 0.6 is 15.9 Å². The van der Waals surface area contributed by atoms with Gasteiger partial charge in [-0.1, -0.05) is 22.9 Å². The maximum absolute atomic E-state index is 12.8. The van der Waals surface area contributed by atoms with Crippen LogP contribution < -0.4 is 0 Å². The highest BCUT2D eigenvalue weighted by molar-refractivity contribution is 9.09. The van der Waals surface area contributed by atoms with Crippen LogP contribution in [0.3, 0.4) is 0 Å². The number of aryl methyl sites for hydroxylation is 2. The maximum Gasteiger partial charge on any atom is 0.246 e. The second-order valence-corrected chi connectivity index (χ2v) is 8.32. The lowest BCUT2D eigenvalue weighted by Crippen LogP contribution is -2.43. The summed E-state index contributed by atoms with van der Waals surface area (Å²) >= 11 is 3.60. The molecule has 108 valence electrons. The van der Waals surface area contributed by atoms with E-state index in [1.54, 1.807) is 29.9 Å². The first-order valence-corrected chi connectivity index (χ1v) is 8.75. The number of aromatic nitrogens is 2. The Balaban J connectivity index is 2.38. The van der Waals surface area contributed by atoms with Gasteiger partial charge in [-0.05, 0) is 26.2 Å². The highest BCUT2D eigenvalue weighted by Gasteiger charge is 2.35. The van der Waals surface area contributed by atoms with Crippen molar-refractivity contribution in [1.29, 1.82) is 0 Å². The zero-order chi connectivity index (χ0) is 14.4. The second kappa shape index (κ2) is 5.18. The number of alkyl halides is 1. The molecule has 0 amide bonds. The lowest BCUT2D eigenvalue weighted by molar-refractivity contribution is 0.291. The van der Waals surface area contributed by atoms with Gasteiger partial charge >= 0.3 is 0 Å². The molecule has 2 heterocycles. The van der Waals surface area contributed by atoms with Crippen molar-refractivity contribution in [2.45, 2.75) is 36.9 Å². The van der Waals surface area contributed by atoms with Crippen molar-refractivity contribution in [3.8, 4) is 0 Å². The highest BCUT2D eigenvalue weighted by atomic mass is 79.9. The van der Waals surface area contributed by atoms with E-state index < -0.39 is 10.0 Å². The minimum absolute atomic E-state index is 0.320. The van der Waals surface area contributed by atoms with E-state index in [9.17, 15) is 8.42 Å². The molecule has 0 N–H and O–H groups in total. The molecule has 5 nitrogen and oxygen atoms in total. The molecular formula is C12H20BrN3O2S. The monoisotopic (exact) mass is 349 g/mol. The molecule has 0 aromatic carbocycles. The first-order valence-electron chi connectivity index (χ1n) is 6.39. The molecule has 1 aromatic heterocycles. The van der Waals surface area contributed by atoms with Crippen LogP contribution in [0, 0.1) is 19.8 Å². The SMILES string of the molecule is Cc1nn(C)c(C)c1S(=O)(=O)N1CCC(Br)C(C)C1. The Morgan fingerprint density at radius 3 is 2.47 bits per heavy atom. The molecule has 1 fully saturated rings. The lowest BCUT2D eigenvalue weighted by atomic mass is 10.0. The number of sulfonamides is 1. The van der Waals surface area contributed by atoms with Gasteiger partial charge in [-0.2, -0.15) is 9.40 Å². The van der Waals surface area contributed by atoms with Crippen molar-refractivity contribution in [2.24, 2.45) is 13.0 Å². The number of hydrogen-bond acceptors (Lipinski definition) is 3. The molecule has 0 spiro atoms. The van der Waals surface area contributed by atoms with E-state index in [1.807, 2.05) is 0 Å². The Bertz CT molecular complexity index is 582. The highest BCUT2D eigenvalue weighted by Crippen LogP contribution is 2.29. The van der Waals surface area contributed by atoms with E-state index in [1.165, 1.54) is 0 Å². The van der Waals surface area contributed by atoms with Crippen LogP contribution in [0.15, 0.2) is 4.90 Å². The number of piperidine rings is 1. The summed E-state index contributed by atoms with van der Waals surface area (Å²) in [7, 11) is -1.66. The zero-order valence-corrected chi connectivity index (χ0v) is 14.1. The standard InChI is InChI=1S/C12H20BrN3O2S/c1-8-7-16(6-5-11(8)13)19(17,18)12-9(2)14-15(4)10(12)3/h8,11H,5-7H2,1-4H3. The van der Waals surface area contributed by atoms with E-state index >= 15 is 0 Å². The fourth-order valence-corrected chi connectivity index (χ4v) is 4.88. The summed E-state index contributed by atoms with van der Waals surface area (Å²) < 4.78 is 28.7. The zero-order valence-electron chi connectivity index (χ0n) is 11.7. The molecule has 2 unspecified atom stereocenters. The molecule has 0 radical (unpaired) electrons. The van der Waals surface area contributed by atoms with Gasteiger partial charge in [0.25, 0.3) is 0 Å². The Labute approximate surface area is 123 Å².